The maximum absolute atomic E-state index is 10.9. The Morgan fingerprint density at radius 1 is 1.48 bits per heavy atom. The van der Waals surface area contributed by atoms with Crippen molar-refractivity contribution < 1.29 is 9.66 Å². The molecule has 0 radical (unpaired) electrons. The van der Waals surface area contributed by atoms with Crippen LogP contribution in [0.25, 0.3) is 0 Å². The molecule has 0 spiro atoms. The summed E-state index contributed by atoms with van der Waals surface area (Å²) >= 11 is 0. The Hall–Kier alpha value is -2.55. The third kappa shape index (κ3) is 2.82. The molecule has 1 atom stereocenters. The molecule has 1 aliphatic rings. The first-order valence-corrected chi connectivity index (χ1v) is 6.58. The lowest BCUT2D eigenvalue weighted by molar-refractivity contribution is -0.482. The number of benzene rings is 1. The maximum atomic E-state index is 10.9. The molecular weight excluding hydrogens is 270 g/mol. The van der Waals surface area contributed by atoms with E-state index in [9.17, 15) is 15.4 Å². The van der Waals surface area contributed by atoms with E-state index in [1.165, 1.54) is 0 Å². The quantitative estimate of drug-likeness (QED) is 0.664. The van der Waals surface area contributed by atoms with Crippen molar-refractivity contribution in [2.45, 2.75) is 32.1 Å². The van der Waals surface area contributed by atoms with Crippen LogP contribution in [0, 0.1) is 21.4 Å². The van der Waals surface area contributed by atoms with Crippen LogP contribution in [0.2, 0.25) is 0 Å². The fourth-order valence-corrected chi connectivity index (χ4v) is 2.35. The lowest BCUT2D eigenvalue weighted by Gasteiger charge is -2.27. The number of nitro groups is 1. The molecule has 0 amide bonds. The van der Waals surface area contributed by atoms with Gasteiger partial charge in [-0.1, -0.05) is 32.9 Å². The molecule has 0 saturated heterocycles. The van der Waals surface area contributed by atoms with Crippen molar-refractivity contribution in [3.05, 3.63) is 50.9 Å². The van der Waals surface area contributed by atoms with Crippen LogP contribution in [0.5, 0.6) is 5.75 Å². The highest BCUT2D eigenvalue weighted by Gasteiger charge is 2.33. The van der Waals surface area contributed by atoms with Gasteiger partial charge in [-0.3, -0.25) is 10.1 Å². The number of nitriles is 1. The van der Waals surface area contributed by atoms with Crippen molar-refractivity contribution in [3.8, 4) is 11.8 Å². The zero-order chi connectivity index (χ0) is 15.8. The molecule has 2 N–H and O–H groups in total. The van der Waals surface area contributed by atoms with E-state index in [1.54, 1.807) is 6.07 Å². The summed E-state index contributed by atoms with van der Waals surface area (Å²) in [5.74, 6) is -0.247. The van der Waals surface area contributed by atoms with E-state index in [0.717, 1.165) is 5.56 Å². The lowest BCUT2D eigenvalue weighted by atomic mass is 9.82. The smallest absolute Gasteiger partial charge is 0.215 e. The number of ether oxygens (including phenoxy) is 1. The molecule has 0 bridgehead atoms. The van der Waals surface area contributed by atoms with Crippen LogP contribution in [-0.2, 0) is 5.41 Å². The van der Waals surface area contributed by atoms with Gasteiger partial charge in [0.05, 0.1) is 5.92 Å². The van der Waals surface area contributed by atoms with Crippen molar-refractivity contribution in [1.29, 1.82) is 5.26 Å². The number of hydrogen-bond donors (Lipinski definition) is 1. The number of nitrogens with two attached hydrogens (primary N) is 1. The molecular formula is C15H17N3O3. The molecule has 0 aliphatic carbocycles. The zero-order valence-corrected chi connectivity index (χ0v) is 12.2. The molecule has 110 valence electrons. The largest absolute Gasteiger partial charge is 0.440 e. The average Bonchev–Trinajstić information content (AvgIpc) is 2.36. The number of rotatable bonds is 2. The van der Waals surface area contributed by atoms with Gasteiger partial charge in [0, 0.05) is 10.5 Å². The maximum Gasteiger partial charge on any atom is 0.215 e. The summed E-state index contributed by atoms with van der Waals surface area (Å²) in [5, 5.41) is 20.1. The van der Waals surface area contributed by atoms with E-state index in [0.29, 0.717) is 11.3 Å². The molecule has 6 nitrogen and oxygen atoms in total. The fourth-order valence-electron chi connectivity index (χ4n) is 2.35. The Morgan fingerprint density at radius 2 is 2.14 bits per heavy atom. The summed E-state index contributed by atoms with van der Waals surface area (Å²) in [6.45, 7) is 5.77. The summed E-state index contributed by atoms with van der Waals surface area (Å²) in [4.78, 5) is 10.5. The molecule has 1 aromatic rings. The van der Waals surface area contributed by atoms with Crippen LogP contribution in [0.15, 0.2) is 29.7 Å². The van der Waals surface area contributed by atoms with Gasteiger partial charge in [0.25, 0.3) is 0 Å². The van der Waals surface area contributed by atoms with E-state index in [4.69, 9.17) is 10.5 Å². The molecule has 0 aromatic heterocycles. The van der Waals surface area contributed by atoms with Gasteiger partial charge in [-0.15, -0.1) is 0 Å². The van der Waals surface area contributed by atoms with Crippen molar-refractivity contribution >= 4 is 0 Å². The first kappa shape index (κ1) is 14.9. The molecule has 1 heterocycles. The molecule has 1 aliphatic heterocycles. The zero-order valence-electron chi connectivity index (χ0n) is 12.2. The molecule has 2 rings (SSSR count). The van der Waals surface area contributed by atoms with E-state index in [1.807, 2.05) is 18.2 Å². The van der Waals surface area contributed by atoms with Crippen LogP contribution in [-0.4, -0.2) is 11.5 Å². The minimum absolute atomic E-state index is 0.0552. The van der Waals surface area contributed by atoms with Crippen LogP contribution in [0.4, 0.5) is 0 Å². The van der Waals surface area contributed by atoms with Crippen molar-refractivity contribution in [3.63, 3.8) is 0 Å². The van der Waals surface area contributed by atoms with Crippen LogP contribution < -0.4 is 10.5 Å². The van der Waals surface area contributed by atoms with Crippen molar-refractivity contribution in [2.24, 2.45) is 5.73 Å². The van der Waals surface area contributed by atoms with Gasteiger partial charge in [-0.25, -0.2) is 0 Å². The Kier molecular flexibility index (Phi) is 3.60. The van der Waals surface area contributed by atoms with E-state index in [-0.39, 0.29) is 23.4 Å². The van der Waals surface area contributed by atoms with E-state index in [2.05, 4.69) is 20.8 Å². The minimum atomic E-state index is -0.670. The van der Waals surface area contributed by atoms with Crippen LogP contribution in [0.1, 0.15) is 37.8 Å². The summed E-state index contributed by atoms with van der Waals surface area (Å²) in [6.07, 6.45) is 0. The summed E-state index contributed by atoms with van der Waals surface area (Å²) in [5.41, 5.74) is 7.39. The highest BCUT2D eigenvalue weighted by Crippen LogP contribution is 2.40. The number of nitrogens with zero attached hydrogens (tertiary/aromatic N) is 2. The third-order valence-electron chi connectivity index (χ3n) is 3.54. The Bertz CT molecular complexity index is 666. The Morgan fingerprint density at radius 3 is 2.67 bits per heavy atom. The van der Waals surface area contributed by atoms with E-state index < -0.39 is 10.8 Å². The molecule has 0 saturated carbocycles. The van der Waals surface area contributed by atoms with Crippen LogP contribution >= 0.6 is 0 Å². The first-order chi connectivity index (χ1) is 9.74. The number of hydrogen-bond acceptors (Lipinski definition) is 5. The Balaban J connectivity index is 2.58. The predicted octanol–water partition coefficient (Wildman–Crippen LogP) is 2.43. The summed E-state index contributed by atoms with van der Waals surface area (Å²) in [7, 11) is 0. The monoisotopic (exact) mass is 287 g/mol. The Labute approximate surface area is 123 Å². The molecule has 0 fully saturated rings. The summed E-state index contributed by atoms with van der Waals surface area (Å²) < 4.78 is 5.43. The number of fused-ring (bicyclic) bond motifs is 1. The van der Waals surface area contributed by atoms with Gasteiger partial charge in [0.2, 0.25) is 12.4 Å². The minimum Gasteiger partial charge on any atom is -0.440 e. The van der Waals surface area contributed by atoms with Gasteiger partial charge in [-0.05, 0) is 17.0 Å². The second-order valence-electron chi connectivity index (χ2n) is 6.06. The van der Waals surface area contributed by atoms with Gasteiger partial charge in [0.15, 0.2) is 0 Å². The van der Waals surface area contributed by atoms with Crippen molar-refractivity contribution in [2.75, 3.05) is 6.54 Å². The topological polar surface area (TPSA) is 102 Å². The van der Waals surface area contributed by atoms with E-state index >= 15 is 0 Å². The van der Waals surface area contributed by atoms with Gasteiger partial charge < -0.3 is 10.5 Å². The van der Waals surface area contributed by atoms with Gasteiger partial charge in [0.1, 0.15) is 17.4 Å². The lowest BCUT2D eigenvalue weighted by Crippen LogP contribution is -2.25. The predicted molar refractivity (Wildman–Crippen MR) is 77.2 cm³/mol. The van der Waals surface area contributed by atoms with Crippen molar-refractivity contribution in [1.82, 2.24) is 0 Å². The first-order valence-electron chi connectivity index (χ1n) is 6.58. The second kappa shape index (κ2) is 5.09. The standard InChI is InChI=1S/C15H17N3O3/c1-15(2,3)9-4-5-13-10(6-9)12(8-18(19)20)11(7-16)14(17)21-13/h4-6,12H,8,17H2,1-3H3/t12-/m1/s1. The third-order valence-corrected chi connectivity index (χ3v) is 3.54. The van der Waals surface area contributed by atoms with Gasteiger partial charge in [-0.2, -0.15) is 5.26 Å². The molecule has 6 heteroatoms. The van der Waals surface area contributed by atoms with Gasteiger partial charge >= 0.3 is 0 Å². The van der Waals surface area contributed by atoms with Crippen LogP contribution in [0.3, 0.4) is 0 Å². The molecule has 21 heavy (non-hydrogen) atoms. The molecule has 1 aromatic carbocycles. The second-order valence-corrected chi connectivity index (χ2v) is 6.06. The normalized spacial score (nSPS) is 17.7. The SMILES string of the molecule is CC(C)(C)c1ccc2c(c1)[C@@H](C[N+](=O)[O-])C(C#N)=C(N)O2. The highest BCUT2D eigenvalue weighted by molar-refractivity contribution is 5.51. The summed E-state index contributed by atoms with van der Waals surface area (Å²) in [6, 6.07) is 7.47. The fraction of sp³-hybridized carbons (Fsp3) is 0.400. The molecule has 0 unspecified atom stereocenters. The highest BCUT2D eigenvalue weighted by atomic mass is 16.6. The average molecular weight is 287 g/mol.